The van der Waals surface area contributed by atoms with Crippen LogP contribution in [0.25, 0.3) is 32.8 Å². The van der Waals surface area contributed by atoms with Gasteiger partial charge in [-0.2, -0.15) is 5.26 Å². The Bertz CT molecular complexity index is 1170. The van der Waals surface area contributed by atoms with Gasteiger partial charge in [-0.3, -0.25) is 0 Å². The van der Waals surface area contributed by atoms with Gasteiger partial charge in [0.15, 0.2) is 0 Å². The van der Waals surface area contributed by atoms with Crippen LogP contribution in [0.4, 0.5) is 0 Å². The predicted molar refractivity (Wildman–Crippen MR) is 106 cm³/mol. The molecule has 4 aromatic rings. The Morgan fingerprint density at radius 1 is 1.15 bits per heavy atom. The lowest BCUT2D eigenvalue weighted by Gasteiger charge is -2.05. The van der Waals surface area contributed by atoms with Crippen LogP contribution in [0, 0.1) is 11.3 Å². The number of halogens is 1. The summed E-state index contributed by atoms with van der Waals surface area (Å²) in [5.41, 5.74) is 2.77. The van der Waals surface area contributed by atoms with Crippen molar-refractivity contribution in [3.05, 3.63) is 64.3 Å². The van der Waals surface area contributed by atoms with Crippen LogP contribution in [0.5, 0.6) is 5.75 Å². The van der Waals surface area contributed by atoms with Gasteiger partial charge in [0.1, 0.15) is 22.0 Å². The van der Waals surface area contributed by atoms with Crippen LogP contribution in [0.1, 0.15) is 10.6 Å². The van der Waals surface area contributed by atoms with Gasteiger partial charge in [-0.15, -0.1) is 11.3 Å². The average molecular weight is 378 g/mol. The molecule has 0 aliphatic heterocycles. The van der Waals surface area contributed by atoms with Gasteiger partial charge in [-0.25, -0.2) is 9.97 Å². The number of nitriles is 1. The molecule has 0 amide bonds. The minimum Gasteiger partial charge on any atom is -0.497 e. The van der Waals surface area contributed by atoms with Crippen LogP contribution in [0.2, 0.25) is 5.15 Å². The van der Waals surface area contributed by atoms with Crippen molar-refractivity contribution >= 4 is 55.7 Å². The maximum atomic E-state index is 9.62. The molecule has 0 N–H and O–H groups in total. The number of benzene rings is 2. The normalized spacial score (nSPS) is 11.7. The van der Waals surface area contributed by atoms with Crippen LogP contribution in [0.3, 0.4) is 0 Å². The Balaban J connectivity index is 1.84. The van der Waals surface area contributed by atoms with E-state index in [-0.39, 0.29) is 0 Å². The van der Waals surface area contributed by atoms with Gasteiger partial charge >= 0.3 is 0 Å². The van der Waals surface area contributed by atoms with Gasteiger partial charge in [0.25, 0.3) is 0 Å². The first-order chi connectivity index (χ1) is 12.7. The van der Waals surface area contributed by atoms with Crippen molar-refractivity contribution in [2.45, 2.75) is 0 Å². The molecule has 2 heterocycles. The number of thiazole rings is 1. The quantitative estimate of drug-likeness (QED) is 0.346. The fraction of sp³-hybridized carbons (Fsp3) is 0.0500. The average Bonchev–Trinajstić information content (AvgIpc) is 3.09. The van der Waals surface area contributed by atoms with Crippen molar-refractivity contribution < 1.29 is 4.74 Å². The van der Waals surface area contributed by atoms with Crippen molar-refractivity contribution in [1.82, 2.24) is 9.97 Å². The largest absolute Gasteiger partial charge is 0.497 e. The Hall–Kier alpha value is -2.94. The predicted octanol–water partition coefficient (Wildman–Crippen LogP) is 5.57. The number of para-hydroxylation sites is 1. The molecule has 0 bridgehead atoms. The van der Waals surface area contributed by atoms with Gasteiger partial charge in [-0.05, 0) is 42.5 Å². The zero-order chi connectivity index (χ0) is 18.1. The fourth-order valence-corrected chi connectivity index (χ4v) is 3.79. The van der Waals surface area contributed by atoms with E-state index >= 15 is 0 Å². The van der Waals surface area contributed by atoms with E-state index in [1.54, 1.807) is 13.2 Å². The molecule has 0 aliphatic carbocycles. The number of pyridine rings is 1. The van der Waals surface area contributed by atoms with Crippen molar-refractivity contribution in [3.63, 3.8) is 0 Å². The highest BCUT2D eigenvalue weighted by Crippen LogP contribution is 2.30. The van der Waals surface area contributed by atoms with Crippen LogP contribution in [-0.2, 0) is 0 Å². The number of nitrogens with zero attached hydrogens (tertiary/aromatic N) is 3. The highest BCUT2D eigenvalue weighted by molar-refractivity contribution is 7.19. The van der Waals surface area contributed by atoms with E-state index in [0.717, 1.165) is 26.9 Å². The van der Waals surface area contributed by atoms with Crippen LogP contribution in [-0.4, -0.2) is 17.1 Å². The number of rotatable bonds is 3. The number of allylic oxidation sites excluding steroid dienone is 1. The minimum absolute atomic E-state index is 0.344. The van der Waals surface area contributed by atoms with Gasteiger partial charge in [-0.1, -0.05) is 23.7 Å². The molecule has 4 nitrogen and oxygen atoms in total. The SMILES string of the molecule is COc1ccc2nc(Cl)c(C=C(C#N)c3nc4ccccc4s3)cc2c1. The second kappa shape index (κ2) is 6.75. The first-order valence-corrected chi connectivity index (χ1v) is 8.99. The summed E-state index contributed by atoms with van der Waals surface area (Å²) in [5, 5.41) is 11.5. The second-order valence-electron chi connectivity index (χ2n) is 5.58. The molecular formula is C20H12ClN3OS. The minimum atomic E-state index is 0.344. The molecule has 0 atom stereocenters. The molecule has 0 spiro atoms. The van der Waals surface area contributed by atoms with E-state index in [2.05, 4.69) is 16.0 Å². The summed E-state index contributed by atoms with van der Waals surface area (Å²) < 4.78 is 6.30. The molecule has 0 fully saturated rings. The van der Waals surface area contributed by atoms with Crippen LogP contribution in [0.15, 0.2) is 48.5 Å². The topological polar surface area (TPSA) is 58.8 Å². The van der Waals surface area contributed by atoms with Crippen LogP contribution >= 0.6 is 22.9 Å². The fourth-order valence-electron chi connectivity index (χ4n) is 2.66. The molecule has 126 valence electrons. The van der Waals surface area contributed by atoms with E-state index < -0.39 is 0 Å². The van der Waals surface area contributed by atoms with Gasteiger partial charge in [0.2, 0.25) is 0 Å². The number of methoxy groups -OCH3 is 1. The smallest absolute Gasteiger partial charge is 0.137 e. The van der Waals surface area contributed by atoms with E-state index in [9.17, 15) is 5.26 Å². The number of aromatic nitrogens is 2. The standard InChI is InChI=1S/C20H12ClN3OS/c1-25-15-6-7-16-12(10-15)8-13(19(21)23-16)9-14(11-22)20-24-17-4-2-3-5-18(17)26-20/h2-10H,1H3. The molecule has 26 heavy (non-hydrogen) atoms. The highest BCUT2D eigenvalue weighted by atomic mass is 35.5. The van der Waals surface area contributed by atoms with Crippen molar-refractivity contribution in [2.24, 2.45) is 0 Å². The summed E-state index contributed by atoms with van der Waals surface area (Å²) in [5.74, 6) is 0.739. The van der Waals surface area contributed by atoms with E-state index in [4.69, 9.17) is 16.3 Å². The molecular weight excluding hydrogens is 366 g/mol. The first-order valence-electron chi connectivity index (χ1n) is 7.80. The van der Waals surface area contributed by atoms with Gasteiger partial charge in [0, 0.05) is 10.9 Å². The van der Waals surface area contributed by atoms with Gasteiger partial charge < -0.3 is 4.74 Å². The number of fused-ring (bicyclic) bond motifs is 2. The number of ether oxygens (including phenoxy) is 1. The first kappa shape index (κ1) is 16.5. The second-order valence-corrected chi connectivity index (χ2v) is 6.97. The van der Waals surface area contributed by atoms with E-state index in [1.165, 1.54) is 11.3 Å². The lowest BCUT2D eigenvalue weighted by Crippen LogP contribution is -1.88. The van der Waals surface area contributed by atoms with E-state index in [0.29, 0.717) is 21.3 Å². The Morgan fingerprint density at radius 2 is 2.00 bits per heavy atom. The summed E-state index contributed by atoms with van der Waals surface area (Å²) in [6.45, 7) is 0. The zero-order valence-electron chi connectivity index (χ0n) is 13.7. The third kappa shape index (κ3) is 3.01. The van der Waals surface area contributed by atoms with Gasteiger partial charge in [0.05, 0.1) is 28.4 Å². The van der Waals surface area contributed by atoms with Crippen molar-refractivity contribution in [3.8, 4) is 11.8 Å². The molecule has 4 rings (SSSR count). The van der Waals surface area contributed by atoms with Crippen molar-refractivity contribution in [2.75, 3.05) is 7.11 Å². The molecule has 6 heteroatoms. The molecule has 0 saturated heterocycles. The Labute approximate surface area is 159 Å². The molecule has 2 aromatic heterocycles. The number of hydrogen-bond donors (Lipinski definition) is 0. The zero-order valence-corrected chi connectivity index (χ0v) is 15.3. The molecule has 0 radical (unpaired) electrons. The molecule has 2 aromatic carbocycles. The summed E-state index contributed by atoms with van der Waals surface area (Å²) in [7, 11) is 1.62. The van der Waals surface area contributed by atoms with E-state index in [1.807, 2.05) is 48.5 Å². The summed E-state index contributed by atoms with van der Waals surface area (Å²) in [6.07, 6.45) is 1.73. The molecule has 0 saturated carbocycles. The third-order valence-electron chi connectivity index (χ3n) is 3.95. The summed E-state index contributed by atoms with van der Waals surface area (Å²) in [6, 6.07) is 17.5. The Morgan fingerprint density at radius 3 is 2.77 bits per heavy atom. The third-order valence-corrected chi connectivity index (χ3v) is 5.32. The molecule has 0 unspecified atom stereocenters. The highest BCUT2D eigenvalue weighted by Gasteiger charge is 2.11. The monoisotopic (exact) mass is 377 g/mol. The lowest BCUT2D eigenvalue weighted by atomic mass is 10.1. The van der Waals surface area contributed by atoms with Crippen molar-refractivity contribution in [1.29, 1.82) is 5.26 Å². The maximum absolute atomic E-state index is 9.62. The summed E-state index contributed by atoms with van der Waals surface area (Å²) in [4.78, 5) is 8.96. The Kier molecular flexibility index (Phi) is 4.29. The molecule has 0 aliphatic rings. The van der Waals surface area contributed by atoms with Crippen LogP contribution < -0.4 is 4.74 Å². The number of hydrogen-bond acceptors (Lipinski definition) is 5. The summed E-state index contributed by atoms with van der Waals surface area (Å²) >= 11 is 7.81. The maximum Gasteiger partial charge on any atom is 0.137 e. The lowest BCUT2D eigenvalue weighted by molar-refractivity contribution is 0.415.